The maximum absolute atomic E-state index is 10.5. The maximum atomic E-state index is 10.5. The first-order valence-electron chi connectivity index (χ1n) is 4.75. The molecule has 14 heavy (non-hydrogen) atoms. The molecule has 0 aromatic carbocycles. The van der Waals surface area contributed by atoms with E-state index in [-0.39, 0.29) is 11.7 Å². The Kier molecular flexibility index (Phi) is 6.76. The average molecular weight is 198 g/mol. The molecule has 0 aliphatic rings. The highest BCUT2D eigenvalue weighted by atomic mass is 16.5. The Hall–Kier alpha value is -1.09. The standard InChI is InChI=1S/C11H18O3/c1-4-6-7-14-10(5-2)8-9(3)11(12)13/h4,10H,1,3,5-8H2,2H3,(H,12,13). The van der Waals surface area contributed by atoms with Gasteiger partial charge in [-0.1, -0.05) is 19.6 Å². The van der Waals surface area contributed by atoms with Gasteiger partial charge in [-0.05, 0) is 12.8 Å². The first-order valence-corrected chi connectivity index (χ1v) is 4.75. The molecule has 0 heterocycles. The maximum Gasteiger partial charge on any atom is 0.331 e. The lowest BCUT2D eigenvalue weighted by Crippen LogP contribution is -2.16. The summed E-state index contributed by atoms with van der Waals surface area (Å²) in [4.78, 5) is 10.5. The summed E-state index contributed by atoms with van der Waals surface area (Å²) in [5, 5.41) is 8.63. The second kappa shape index (κ2) is 7.33. The van der Waals surface area contributed by atoms with Crippen LogP contribution in [-0.4, -0.2) is 23.8 Å². The molecular formula is C11H18O3. The van der Waals surface area contributed by atoms with Crippen molar-refractivity contribution in [3.63, 3.8) is 0 Å². The summed E-state index contributed by atoms with van der Waals surface area (Å²) in [6, 6.07) is 0. The molecule has 3 heteroatoms. The van der Waals surface area contributed by atoms with E-state index in [2.05, 4.69) is 13.2 Å². The first kappa shape index (κ1) is 12.9. The van der Waals surface area contributed by atoms with Crippen LogP contribution in [0.25, 0.3) is 0 Å². The van der Waals surface area contributed by atoms with Crippen molar-refractivity contribution < 1.29 is 14.6 Å². The van der Waals surface area contributed by atoms with E-state index in [4.69, 9.17) is 9.84 Å². The molecule has 0 fully saturated rings. The zero-order valence-electron chi connectivity index (χ0n) is 8.66. The van der Waals surface area contributed by atoms with Gasteiger partial charge in [-0.15, -0.1) is 6.58 Å². The number of aliphatic carboxylic acids is 1. The SMILES string of the molecule is C=CCCOC(CC)CC(=C)C(=O)O. The van der Waals surface area contributed by atoms with Crippen LogP contribution in [0.3, 0.4) is 0 Å². The van der Waals surface area contributed by atoms with Crippen LogP contribution >= 0.6 is 0 Å². The van der Waals surface area contributed by atoms with Crippen LogP contribution in [-0.2, 0) is 9.53 Å². The summed E-state index contributed by atoms with van der Waals surface area (Å²) in [6.07, 6.45) is 3.71. The van der Waals surface area contributed by atoms with Crippen molar-refractivity contribution in [2.45, 2.75) is 32.3 Å². The smallest absolute Gasteiger partial charge is 0.331 e. The minimum Gasteiger partial charge on any atom is -0.478 e. The minimum atomic E-state index is -0.948. The summed E-state index contributed by atoms with van der Waals surface area (Å²) >= 11 is 0. The quantitative estimate of drug-likeness (QED) is 0.370. The molecule has 0 aromatic heterocycles. The zero-order chi connectivity index (χ0) is 11.0. The predicted molar refractivity (Wildman–Crippen MR) is 56.2 cm³/mol. The molecule has 0 bridgehead atoms. The fourth-order valence-electron chi connectivity index (χ4n) is 1.00. The Morgan fingerprint density at radius 2 is 2.29 bits per heavy atom. The number of carbonyl (C=O) groups is 1. The number of carboxylic acids is 1. The van der Waals surface area contributed by atoms with Gasteiger partial charge in [0.25, 0.3) is 0 Å². The molecule has 1 N–H and O–H groups in total. The van der Waals surface area contributed by atoms with Crippen molar-refractivity contribution in [2.24, 2.45) is 0 Å². The summed E-state index contributed by atoms with van der Waals surface area (Å²) in [5.41, 5.74) is 0.204. The third-order valence-electron chi connectivity index (χ3n) is 1.91. The highest BCUT2D eigenvalue weighted by Gasteiger charge is 2.12. The number of hydrogen-bond acceptors (Lipinski definition) is 2. The Morgan fingerprint density at radius 3 is 2.71 bits per heavy atom. The van der Waals surface area contributed by atoms with E-state index in [1.165, 1.54) is 0 Å². The van der Waals surface area contributed by atoms with Gasteiger partial charge in [-0.25, -0.2) is 4.79 Å². The molecular weight excluding hydrogens is 180 g/mol. The van der Waals surface area contributed by atoms with E-state index < -0.39 is 5.97 Å². The Labute approximate surface area is 85.1 Å². The number of carboxylic acid groups (broad SMARTS) is 1. The Bertz CT molecular complexity index is 209. The second-order valence-corrected chi connectivity index (χ2v) is 3.09. The van der Waals surface area contributed by atoms with Crippen LogP contribution < -0.4 is 0 Å². The molecule has 0 saturated heterocycles. The van der Waals surface area contributed by atoms with Crippen LogP contribution in [0.5, 0.6) is 0 Å². The third kappa shape index (κ3) is 5.54. The van der Waals surface area contributed by atoms with E-state index in [0.717, 1.165) is 12.8 Å². The highest BCUT2D eigenvalue weighted by molar-refractivity contribution is 5.85. The molecule has 0 radical (unpaired) electrons. The normalized spacial score (nSPS) is 12.1. The van der Waals surface area contributed by atoms with Crippen molar-refractivity contribution in [3.05, 3.63) is 24.8 Å². The van der Waals surface area contributed by atoms with Gasteiger partial charge in [0.15, 0.2) is 0 Å². The van der Waals surface area contributed by atoms with Crippen molar-refractivity contribution in [1.29, 1.82) is 0 Å². The van der Waals surface area contributed by atoms with Crippen molar-refractivity contribution in [2.75, 3.05) is 6.61 Å². The molecule has 0 aliphatic carbocycles. The lowest BCUT2D eigenvalue weighted by molar-refractivity contribution is -0.133. The lowest BCUT2D eigenvalue weighted by atomic mass is 10.1. The van der Waals surface area contributed by atoms with Gasteiger partial charge in [-0.3, -0.25) is 0 Å². The molecule has 0 spiro atoms. The van der Waals surface area contributed by atoms with Gasteiger partial charge in [0.1, 0.15) is 0 Å². The number of rotatable bonds is 8. The minimum absolute atomic E-state index is 0.0430. The number of ether oxygens (including phenoxy) is 1. The molecule has 0 saturated carbocycles. The summed E-state index contributed by atoms with van der Waals surface area (Å²) in [6.45, 7) is 9.61. The summed E-state index contributed by atoms with van der Waals surface area (Å²) in [7, 11) is 0. The first-order chi connectivity index (χ1) is 6.61. The van der Waals surface area contributed by atoms with Gasteiger partial charge in [0, 0.05) is 12.0 Å². The van der Waals surface area contributed by atoms with Gasteiger partial charge in [0.2, 0.25) is 0 Å². The third-order valence-corrected chi connectivity index (χ3v) is 1.91. The fourth-order valence-corrected chi connectivity index (χ4v) is 1.00. The lowest BCUT2D eigenvalue weighted by Gasteiger charge is -2.15. The van der Waals surface area contributed by atoms with Crippen LogP contribution in [0.2, 0.25) is 0 Å². The molecule has 1 unspecified atom stereocenters. The molecule has 80 valence electrons. The monoisotopic (exact) mass is 198 g/mol. The van der Waals surface area contributed by atoms with Gasteiger partial charge in [0.05, 0.1) is 12.7 Å². The largest absolute Gasteiger partial charge is 0.478 e. The topological polar surface area (TPSA) is 46.5 Å². The zero-order valence-corrected chi connectivity index (χ0v) is 8.66. The molecule has 0 amide bonds. The van der Waals surface area contributed by atoms with Gasteiger partial charge >= 0.3 is 5.97 Å². The fraction of sp³-hybridized carbons (Fsp3) is 0.545. The van der Waals surface area contributed by atoms with E-state index in [1.807, 2.05) is 6.92 Å². The molecule has 0 aliphatic heterocycles. The summed E-state index contributed by atoms with van der Waals surface area (Å²) in [5.74, 6) is -0.948. The van der Waals surface area contributed by atoms with Crippen LogP contribution in [0.1, 0.15) is 26.2 Å². The molecule has 0 aromatic rings. The summed E-state index contributed by atoms with van der Waals surface area (Å²) < 4.78 is 5.46. The van der Waals surface area contributed by atoms with E-state index in [9.17, 15) is 4.79 Å². The molecule has 3 nitrogen and oxygen atoms in total. The Balaban J connectivity index is 3.83. The number of hydrogen-bond donors (Lipinski definition) is 1. The van der Waals surface area contributed by atoms with E-state index >= 15 is 0 Å². The van der Waals surface area contributed by atoms with Crippen molar-refractivity contribution >= 4 is 5.97 Å². The van der Waals surface area contributed by atoms with Crippen LogP contribution in [0.4, 0.5) is 0 Å². The average Bonchev–Trinajstić information content (AvgIpc) is 2.16. The van der Waals surface area contributed by atoms with Crippen molar-refractivity contribution in [3.8, 4) is 0 Å². The van der Waals surface area contributed by atoms with Crippen LogP contribution in [0.15, 0.2) is 24.8 Å². The van der Waals surface area contributed by atoms with E-state index in [1.54, 1.807) is 6.08 Å². The predicted octanol–water partition coefficient (Wildman–Crippen LogP) is 2.39. The van der Waals surface area contributed by atoms with Gasteiger partial charge in [-0.2, -0.15) is 0 Å². The van der Waals surface area contributed by atoms with Gasteiger partial charge < -0.3 is 9.84 Å². The molecule has 0 rings (SSSR count). The van der Waals surface area contributed by atoms with E-state index in [0.29, 0.717) is 13.0 Å². The highest BCUT2D eigenvalue weighted by Crippen LogP contribution is 2.10. The van der Waals surface area contributed by atoms with Crippen molar-refractivity contribution in [1.82, 2.24) is 0 Å². The van der Waals surface area contributed by atoms with Crippen LogP contribution in [0, 0.1) is 0 Å². The second-order valence-electron chi connectivity index (χ2n) is 3.09. The molecule has 1 atom stereocenters. The Morgan fingerprint density at radius 1 is 1.64 bits per heavy atom.